The number of hydrogen-bond donors (Lipinski definition) is 1. The lowest BCUT2D eigenvalue weighted by Gasteiger charge is -2.10. The average molecular weight is 394 g/mol. The molecule has 5 nitrogen and oxygen atoms in total. The van der Waals surface area contributed by atoms with E-state index < -0.39 is 11.9 Å². The number of carboxylic acids is 1. The van der Waals surface area contributed by atoms with Crippen LogP contribution in [0.5, 0.6) is 5.75 Å². The third kappa shape index (κ3) is 5.04. The SMILES string of the molecule is COC(=O)COc1c(Br)cc(C=CC(=O)O)cc1Br. The summed E-state index contributed by atoms with van der Waals surface area (Å²) in [6.45, 7) is -0.210. The second kappa shape index (κ2) is 7.30. The van der Waals surface area contributed by atoms with Crippen LogP contribution in [0.3, 0.4) is 0 Å². The molecule has 0 amide bonds. The number of rotatable bonds is 5. The van der Waals surface area contributed by atoms with Gasteiger partial charge in [0.25, 0.3) is 0 Å². The van der Waals surface area contributed by atoms with Crippen LogP contribution >= 0.6 is 31.9 Å². The van der Waals surface area contributed by atoms with Crippen LogP contribution in [0.1, 0.15) is 5.56 Å². The molecule has 0 aliphatic heterocycles. The molecule has 1 rings (SSSR count). The smallest absolute Gasteiger partial charge is 0.343 e. The number of hydrogen-bond acceptors (Lipinski definition) is 4. The standard InChI is InChI=1S/C12H10Br2O5/c1-18-11(17)6-19-12-8(13)4-7(5-9(12)14)2-3-10(15)16/h2-5H,6H2,1H3,(H,15,16). The summed E-state index contributed by atoms with van der Waals surface area (Å²) < 4.78 is 10.9. The van der Waals surface area contributed by atoms with E-state index in [1.54, 1.807) is 12.1 Å². The third-order valence-electron chi connectivity index (χ3n) is 2.00. The molecule has 1 N–H and O–H groups in total. The second-order valence-electron chi connectivity index (χ2n) is 3.35. The van der Waals surface area contributed by atoms with Crippen LogP contribution in [-0.2, 0) is 14.3 Å². The van der Waals surface area contributed by atoms with E-state index in [9.17, 15) is 9.59 Å². The maximum atomic E-state index is 11.0. The van der Waals surface area contributed by atoms with Crippen LogP contribution in [0.25, 0.3) is 6.08 Å². The molecule has 0 bridgehead atoms. The number of methoxy groups -OCH3 is 1. The molecule has 0 aliphatic carbocycles. The highest BCUT2D eigenvalue weighted by molar-refractivity contribution is 9.11. The van der Waals surface area contributed by atoms with Crippen molar-refractivity contribution in [2.45, 2.75) is 0 Å². The fourth-order valence-electron chi connectivity index (χ4n) is 1.17. The van der Waals surface area contributed by atoms with Crippen molar-refractivity contribution >= 4 is 49.9 Å². The Morgan fingerprint density at radius 3 is 2.37 bits per heavy atom. The van der Waals surface area contributed by atoms with E-state index in [0.29, 0.717) is 20.3 Å². The molecule has 0 saturated heterocycles. The zero-order chi connectivity index (χ0) is 14.4. The molecule has 0 atom stereocenters. The lowest BCUT2D eigenvalue weighted by Crippen LogP contribution is -2.13. The van der Waals surface area contributed by atoms with E-state index in [2.05, 4.69) is 36.6 Å². The molecule has 102 valence electrons. The van der Waals surface area contributed by atoms with Crippen molar-refractivity contribution in [1.82, 2.24) is 0 Å². The Balaban J connectivity index is 2.91. The summed E-state index contributed by atoms with van der Waals surface area (Å²) in [5.74, 6) is -1.08. The van der Waals surface area contributed by atoms with Gasteiger partial charge in [0.1, 0.15) is 5.75 Å². The topological polar surface area (TPSA) is 72.8 Å². The Morgan fingerprint density at radius 2 is 1.89 bits per heavy atom. The molecular weight excluding hydrogens is 384 g/mol. The molecule has 0 aromatic heterocycles. The van der Waals surface area contributed by atoms with Gasteiger partial charge in [-0.25, -0.2) is 9.59 Å². The Kier molecular flexibility index (Phi) is 6.04. The van der Waals surface area contributed by atoms with E-state index in [0.717, 1.165) is 6.08 Å². The van der Waals surface area contributed by atoms with Crippen LogP contribution < -0.4 is 4.74 Å². The Hall–Kier alpha value is -1.34. The van der Waals surface area contributed by atoms with Crippen molar-refractivity contribution in [2.75, 3.05) is 13.7 Å². The van der Waals surface area contributed by atoms with Crippen LogP contribution in [-0.4, -0.2) is 30.8 Å². The third-order valence-corrected chi connectivity index (χ3v) is 3.18. The van der Waals surface area contributed by atoms with Crippen LogP contribution in [0.15, 0.2) is 27.2 Å². The molecule has 0 aliphatic rings. The maximum Gasteiger partial charge on any atom is 0.343 e. The second-order valence-corrected chi connectivity index (χ2v) is 5.06. The summed E-state index contributed by atoms with van der Waals surface area (Å²) >= 11 is 6.58. The summed E-state index contributed by atoms with van der Waals surface area (Å²) in [7, 11) is 1.27. The Morgan fingerprint density at radius 1 is 1.32 bits per heavy atom. The van der Waals surface area contributed by atoms with E-state index >= 15 is 0 Å². The van der Waals surface area contributed by atoms with Gasteiger partial charge in [-0.15, -0.1) is 0 Å². The normalized spacial score (nSPS) is 10.5. The van der Waals surface area contributed by atoms with Crippen LogP contribution in [0.4, 0.5) is 0 Å². The van der Waals surface area contributed by atoms with Gasteiger partial charge in [-0.1, -0.05) is 0 Å². The van der Waals surface area contributed by atoms with E-state index in [1.807, 2.05) is 0 Å². The molecule has 19 heavy (non-hydrogen) atoms. The quantitative estimate of drug-likeness (QED) is 0.615. The lowest BCUT2D eigenvalue weighted by atomic mass is 10.2. The van der Waals surface area contributed by atoms with E-state index in [4.69, 9.17) is 9.84 Å². The molecule has 0 saturated carbocycles. The zero-order valence-corrected chi connectivity index (χ0v) is 13.0. The number of aliphatic carboxylic acids is 1. The lowest BCUT2D eigenvalue weighted by molar-refractivity contribution is -0.143. The van der Waals surface area contributed by atoms with Crippen molar-refractivity contribution in [3.05, 3.63) is 32.7 Å². The van der Waals surface area contributed by atoms with E-state index in [1.165, 1.54) is 13.2 Å². The molecule has 7 heteroatoms. The number of carboxylic acid groups (broad SMARTS) is 1. The minimum Gasteiger partial charge on any atom is -0.480 e. The number of halogens is 2. The highest BCUT2D eigenvalue weighted by Gasteiger charge is 2.10. The van der Waals surface area contributed by atoms with Gasteiger partial charge in [0.05, 0.1) is 16.1 Å². The highest BCUT2D eigenvalue weighted by Crippen LogP contribution is 2.35. The summed E-state index contributed by atoms with van der Waals surface area (Å²) in [4.78, 5) is 21.4. The van der Waals surface area contributed by atoms with Gasteiger partial charge >= 0.3 is 11.9 Å². The van der Waals surface area contributed by atoms with Crippen molar-refractivity contribution in [3.8, 4) is 5.75 Å². The van der Waals surface area contributed by atoms with Gasteiger partial charge < -0.3 is 14.6 Å². The van der Waals surface area contributed by atoms with Crippen molar-refractivity contribution in [2.24, 2.45) is 0 Å². The van der Waals surface area contributed by atoms with Gasteiger partial charge in [-0.2, -0.15) is 0 Å². The number of carbonyl (C=O) groups excluding carboxylic acids is 1. The van der Waals surface area contributed by atoms with Crippen molar-refractivity contribution < 1.29 is 24.2 Å². The average Bonchev–Trinajstić information content (AvgIpc) is 2.34. The summed E-state index contributed by atoms with van der Waals surface area (Å²) in [6, 6.07) is 3.35. The van der Waals surface area contributed by atoms with Gasteiger partial charge in [0.2, 0.25) is 0 Å². The van der Waals surface area contributed by atoms with Gasteiger partial charge in [0.15, 0.2) is 6.61 Å². The summed E-state index contributed by atoms with van der Waals surface area (Å²) in [5.41, 5.74) is 0.673. The van der Waals surface area contributed by atoms with Crippen LogP contribution in [0, 0.1) is 0 Å². The fraction of sp³-hybridized carbons (Fsp3) is 0.167. The molecule has 1 aromatic carbocycles. The number of carbonyl (C=O) groups is 2. The number of benzene rings is 1. The number of ether oxygens (including phenoxy) is 2. The maximum absolute atomic E-state index is 11.0. The predicted molar refractivity (Wildman–Crippen MR) is 76.0 cm³/mol. The molecule has 1 aromatic rings. The van der Waals surface area contributed by atoms with Gasteiger partial charge in [-0.05, 0) is 55.6 Å². The van der Waals surface area contributed by atoms with Gasteiger partial charge in [0, 0.05) is 6.08 Å². The summed E-state index contributed by atoms with van der Waals surface area (Å²) in [6.07, 6.45) is 2.48. The monoisotopic (exact) mass is 392 g/mol. The molecule has 0 fully saturated rings. The van der Waals surface area contributed by atoms with Crippen molar-refractivity contribution in [3.63, 3.8) is 0 Å². The molecule has 0 heterocycles. The minimum absolute atomic E-state index is 0.210. The van der Waals surface area contributed by atoms with Crippen LogP contribution in [0.2, 0.25) is 0 Å². The predicted octanol–water partition coefficient (Wildman–Crippen LogP) is 2.86. The summed E-state index contributed by atoms with van der Waals surface area (Å²) in [5, 5.41) is 8.55. The first kappa shape index (κ1) is 15.7. The highest BCUT2D eigenvalue weighted by atomic mass is 79.9. The Labute approximate surface area is 126 Å². The molecule has 0 radical (unpaired) electrons. The van der Waals surface area contributed by atoms with Crippen molar-refractivity contribution in [1.29, 1.82) is 0 Å². The van der Waals surface area contributed by atoms with Gasteiger partial charge in [-0.3, -0.25) is 0 Å². The molecule has 0 spiro atoms. The first-order valence-electron chi connectivity index (χ1n) is 5.03. The first-order chi connectivity index (χ1) is 8.93. The first-order valence-corrected chi connectivity index (χ1v) is 6.62. The number of esters is 1. The zero-order valence-electron chi connectivity index (χ0n) is 9.85. The molecule has 0 unspecified atom stereocenters. The fourth-order valence-corrected chi connectivity index (χ4v) is 2.62. The molecular formula is C12H10Br2O5. The largest absolute Gasteiger partial charge is 0.480 e. The minimum atomic E-state index is -1.03. The van der Waals surface area contributed by atoms with E-state index in [-0.39, 0.29) is 6.61 Å². The Bertz CT molecular complexity index is 502.